The number of hydrogen-bond acceptors (Lipinski definition) is 2. The smallest absolute Gasteiger partial charge is 0.0908 e. The van der Waals surface area contributed by atoms with Crippen molar-refractivity contribution in [1.29, 1.82) is 0 Å². The van der Waals surface area contributed by atoms with Gasteiger partial charge in [0.15, 0.2) is 0 Å². The first-order valence-corrected chi connectivity index (χ1v) is 6.74. The van der Waals surface area contributed by atoms with Gasteiger partial charge in [-0.2, -0.15) is 0 Å². The van der Waals surface area contributed by atoms with Gasteiger partial charge in [-0.15, -0.1) is 23.7 Å². The second-order valence-corrected chi connectivity index (χ2v) is 5.35. The van der Waals surface area contributed by atoms with Crippen molar-refractivity contribution in [3.63, 3.8) is 0 Å². The molecule has 0 aliphatic heterocycles. The number of rotatable bonds is 2. The summed E-state index contributed by atoms with van der Waals surface area (Å²) in [6.07, 6.45) is 0. The summed E-state index contributed by atoms with van der Waals surface area (Å²) in [5.41, 5.74) is 3.51. The van der Waals surface area contributed by atoms with Gasteiger partial charge in [0.2, 0.25) is 0 Å². The van der Waals surface area contributed by atoms with Gasteiger partial charge in [0.05, 0.1) is 15.6 Å². The summed E-state index contributed by atoms with van der Waals surface area (Å²) >= 11 is 1.75. The van der Waals surface area contributed by atoms with Crippen molar-refractivity contribution in [2.75, 3.05) is 0 Å². The van der Waals surface area contributed by atoms with Crippen molar-refractivity contribution in [2.24, 2.45) is 0 Å². The lowest BCUT2D eigenvalue weighted by atomic mass is 10.1. The fraction of sp³-hybridized carbons (Fsp3) is 0.0625. The molecule has 1 heterocycles. The zero-order valence-corrected chi connectivity index (χ0v) is 12.2. The molecule has 3 heteroatoms. The topological polar surface area (TPSA) is 12.9 Å². The quantitative estimate of drug-likeness (QED) is 0.631. The number of benzene rings is 2. The molecule has 0 spiro atoms. The maximum absolute atomic E-state index is 4.68. The van der Waals surface area contributed by atoms with E-state index < -0.39 is 0 Å². The first-order valence-electron chi connectivity index (χ1n) is 5.93. The Bertz CT molecular complexity index is 590. The zero-order valence-electron chi connectivity index (χ0n) is 10.5. The fourth-order valence-electron chi connectivity index (χ4n) is 2.00. The van der Waals surface area contributed by atoms with Crippen LogP contribution in [0.1, 0.15) is 5.01 Å². The predicted octanol–water partition coefficient (Wildman–Crippen LogP) is 5.21. The summed E-state index contributed by atoms with van der Waals surface area (Å²) in [6.45, 7) is 2.06. The molecule has 0 atom stereocenters. The van der Waals surface area contributed by atoms with E-state index in [1.807, 2.05) is 12.1 Å². The molecule has 0 aliphatic rings. The minimum absolute atomic E-state index is 0. The third-order valence-electron chi connectivity index (χ3n) is 2.82. The highest BCUT2D eigenvalue weighted by Gasteiger charge is 2.12. The van der Waals surface area contributed by atoms with Crippen LogP contribution in [-0.4, -0.2) is 4.98 Å². The molecular formula is C16H14ClNS. The van der Waals surface area contributed by atoms with Gasteiger partial charge >= 0.3 is 0 Å². The van der Waals surface area contributed by atoms with Crippen LogP contribution in [0.2, 0.25) is 0 Å². The van der Waals surface area contributed by atoms with Gasteiger partial charge in [-0.05, 0) is 12.5 Å². The summed E-state index contributed by atoms with van der Waals surface area (Å²) < 4.78 is 0. The first kappa shape index (κ1) is 13.8. The summed E-state index contributed by atoms with van der Waals surface area (Å²) in [4.78, 5) is 5.93. The van der Waals surface area contributed by atoms with Gasteiger partial charge in [-0.3, -0.25) is 0 Å². The van der Waals surface area contributed by atoms with Crippen LogP contribution in [0.25, 0.3) is 21.7 Å². The fourth-order valence-corrected chi connectivity index (χ4v) is 2.95. The lowest BCUT2D eigenvalue weighted by Crippen LogP contribution is -1.81. The van der Waals surface area contributed by atoms with Crippen LogP contribution in [0.3, 0.4) is 0 Å². The van der Waals surface area contributed by atoms with Crippen molar-refractivity contribution in [3.8, 4) is 21.7 Å². The third kappa shape index (κ3) is 2.86. The Morgan fingerprint density at radius 2 is 1.32 bits per heavy atom. The van der Waals surface area contributed by atoms with Crippen LogP contribution in [-0.2, 0) is 0 Å². The van der Waals surface area contributed by atoms with Crippen LogP contribution in [0.5, 0.6) is 0 Å². The number of nitrogens with zero attached hydrogens (tertiary/aromatic N) is 1. The van der Waals surface area contributed by atoms with Crippen LogP contribution >= 0.6 is 23.7 Å². The Labute approximate surface area is 123 Å². The van der Waals surface area contributed by atoms with Gasteiger partial charge in [0, 0.05) is 5.56 Å². The third-order valence-corrected chi connectivity index (χ3v) is 3.84. The van der Waals surface area contributed by atoms with Crippen LogP contribution in [0.4, 0.5) is 0 Å². The average molecular weight is 288 g/mol. The highest BCUT2D eigenvalue weighted by Crippen LogP contribution is 2.36. The van der Waals surface area contributed by atoms with E-state index in [2.05, 4.69) is 60.4 Å². The molecule has 0 fully saturated rings. The summed E-state index contributed by atoms with van der Waals surface area (Å²) in [6, 6.07) is 20.8. The zero-order chi connectivity index (χ0) is 12.4. The van der Waals surface area contributed by atoms with Crippen molar-refractivity contribution in [2.45, 2.75) is 6.92 Å². The Balaban J connectivity index is 0.00000133. The molecule has 0 amide bonds. The minimum Gasteiger partial charge on any atom is -0.241 e. The normalized spacial score (nSPS) is 9.95. The van der Waals surface area contributed by atoms with Crippen LogP contribution in [0, 0.1) is 6.92 Å². The molecule has 3 rings (SSSR count). The SMILES string of the molecule is Cc1nc(-c2ccccc2)c(-c2ccccc2)s1.Cl. The highest BCUT2D eigenvalue weighted by molar-refractivity contribution is 7.15. The molecule has 0 aliphatic carbocycles. The summed E-state index contributed by atoms with van der Waals surface area (Å²) in [7, 11) is 0. The average Bonchev–Trinajstić information content (AvgIpc) is 2.83. The number of thiazole rings is 1. The Morgan fingerprint density at radius 1 is 0.789 bits per heavy atom. The molecule has 0 saturated carbocycles. The molecule has 2 aromatic carbocycles. The number of aromatic nitrogens is 1. The number of aryl methyl sites for hydroxylation is 1. The van der Waals surface area contributed by atoms with E-state index in [9.17, 15) is 0 Å². The van der Waals surface area contributed by atoms with Crippen LogP contribution in [0.15, 0.2) is 60.7 Å². The molecule has 0 radical (unpaired) electrons. The first-order chi connectivity index (χ1) is 8.84. The monoisotopic (exact) mass is 287 g/mol. The highest BCUT2D eigenvalue weighted by atomic mass is 35.5. The Kier molecular flexibility index (Phi) is 4.35. The molecule has 0 unspecified atom stereocenters. The maximum Gasteiger partial charge on any atom is 0.0908 e. The van der Waals surface area contributed by atoms with Gasteiger partial charge in [-0.25, -0.2) is 4.98 Å². The summed E-state index contributed by atoms with van der Waals surface area (Å²) in [5.74, 6) is 0. The van der Waals surface area contributed by atoms with E-state index in [4.69, 9.17) is 0 Å². The number of halogens is 1. The van der Waals surface area contributed by atoms with E-state index in [0.717, 1.165) is 10.7 Å². The van der Waals surface area contributed by atoms with E-state index >= 15 is 0 Å². The second-order valence-electron chi connectivity index (χ2n) is 4.14. The van der Waals surface area contributed by atoms with Gasteiger partial charge in [0.25, 0.3) is 0 Å². The Morgan fingerprint density at radius 3 is 1.89 bits per heavy atom. The van der Waals surface area contributed by atoms with Gasteiger partial charge in [0.1, 0.15) is 0 Å². The molecule has 3 aromatic rings. The largest absolute Gasteiger partial charge is 0.241 e. The summed E-state index contributed by atoms with van der Waals surface area (Å²) in [5, 5.41) is 1.10. The van der Waals surface area contributed by atoms with Crippen molar-refractivity contribution in [1.82, 2.24) is 4.98 Å². The van der Waals surface area contributed by atoms with E-state index in [1.165, 1.54) is 16.0 Å². The number of hydrogen-bond donors (Lipinski definition) is 0. The lowest BCUT2D eigenvalue weighted by Gasteiger charge is -2.02. The molecular weight excluding hydrogens is 274 g/mol. The molecule has 1 nitrogen and oxygen atoms in total. The second kappa shape index (κ2) is 6.00. The Hall–Kier alpha value is -1.64. The molecule has 96 valence electrons. The molecule has 0 N–H and O–H groups in total. The van der Waals surface area contributed by atoms with Gasteiger partial charge in [-0.1, -0.05) is 60.7 Å². The predicted molar refractivity (Wildman–Crippen MR) is 85.0 cm³/mol. The lowest BCUT2D eigenvalue weighted by molar-refractivity contribution is 1.30. The molecule has 0 saturated heterocycles. The minimum atomic E-state index is 0. The van der Waals surface area contributed by atoms with Crippen molar-refractivity contribution in [3.05, 3.63) is 65.7 Å². The standard InChI is InChI=1S/C16H13NS.ClH/c1-12-17-15(13-8-4-2-5-9-13)16(18-12)14-10-6-3-7-11-14;/h2-11H,1H3;1H. The van der Waals surface area contributed by atoms with E-state index in [1.54, 1.807) is 11.3 Å². The van der Waals surface area contributed by atoms with E-state index in [0.29, 0.717) is 0 Å². The maximum atomic E-state index is 4.68. The molecule has 0 bridgehead atoms. The van der Waals surface area contributed by atoms with Crippen molar-refractivity contribution < 1.29 is 0 Å². The molecule has 19 heavy (non-hydrogen) atoms. The van der Waals surface area contributed by atoms with Gasteiger partial charge < -0.3 is 0 Å². The van der Waals surface area contributed by atoms with Crippen molar-refractivity contribution >= 4 is 23.7 Å². The molecule has 1 aromatic heterocycles. The van der Waals surface area contributed by atoms with E-state index in [-0.39, 0.29) is 12.4 Å². The van der Waals surface area contributed by atoms with Crippen LogP contribution < -0.4 is 0 Å².